The topological polar surface area (TPSA) is 26.0 Å². The number of hydrogen-bond donors (Lipinski definition) is 0. The van der Waals surface area contributed by atoms with Crippen molar-refractivity contribution in [2.75, 3.05) is 0 Å². The molecule has 5 heteroatoms. The Morgan fingerprint density at radius 2 is 2.13 bits per heavy atom. The van der Waals surface area contributed by atoms with Crippen molar-refractivity contribution >= 4 is 39.1 Å². The summed E-state index contributed by atoms with van der Waals surface area (Å²) in [6, 6.07) is 7.34. The average Bonchev–Trinajstić information content (AvgIpc) is 2.70. The molecular formula is C10H6BrCl2NO. The van der Waals surface area contributed by atoms with Crippen LogP contribution >= 0.6 is 39.1 Å². The van der Waals surface area contributed by atoms with Crippen LogP contribution in [0.3, 0.4) is 0 Å². The third-order valence-corrected chi connectivity index (χ3v) is 2.98. The van der Waals surface area contributed by atoms with Crippen molar-refractivity contribution in [3.8, 4) is 11.3 Å². The van der Waals surface area contributed by atoms with Gasteiger partial charge in [-0.05, 0) is 18.2 Å². The lowest BCUT2D eigenvalue weighted by Gasteiger charge is -1.99. The molecule has 2 aromatic rings. The SMILES string of the molecule is ClCc1cc(-c2cc(Br)ccc2Cl)no1. The summed E-state index contributed by atoms with van der Waals surface area (Å²) in [5.74, 6) is 0.932. The molecule has 2 rings (SSSR count). The molecule has 0 unspecified atom stereocenters. The first kappa shape index (κ1) is 11.0. The largest absolute Gasteiger partial charge is 0.359 e. The second kappa shape index (κ2) is 4.56. The number of alkyl halides is 1. The molecule has 0 aliphatic rings. The molecular weight excluding hydrogens is 301 g/mol. The summed E-state index contributed by atoms with van der Waals surface area (Å²) in [5, 5.41) is 4.53. The maximum absolute atomic E-state index is 6.05. The highest BCUT2D eigenvalue weighted by Gasteiger charge is 2.09. The number of aromatic nitrogens is 1. The molecule has 0 saturated heterocycles. The summed E-state index contributed by atoms with van der Waals surface area (Å²) >= 11 is 15.0. The Bertz CT molecular complexity index is 484. The van der Waals surface area contributed by atoms with Crippen LogP contribution in [0.25, 0.3) is 11.3 Å². The number of hydrogen-bond acceptors (Lipinski definition) is 2. The van der Waals surface area contributed by atoms with E-state index in [1.165, 1.54) is 0 Å². The molecule has 0 amide bonds. The summed E-state index contributed by atoms with van der Waals surface area (Å²) in [6.07, 6.45) is 0. The van der Waals surface area contributed by atoms with Gasteiger partial charge in [0.2, 0.25) is 0 Å². The molecule has 0 bridgehead atoms. The van der Waals surface area contributed by atoms with Gasteiger partial charge >= 0.3 is 0 Å². The van der Waals surface area contributed by atoms with Crippen LogP contribution in [0.2, 0.25) is 5.02 Å². The zero-order chi connectivity index (χ0) is 10.8. The van der Waals surface area contributed by atoms with Crippen LogP contribution in [0.4, 0.5) is 0 Å². The van der Waals surface area contributed by atoms with Gasteiger partial charge in [-0.1, -0.05) is 32.7 Å². The van der Waals surface area contributed by atoms with E-state index in [-0.39, 0.29) is 0 Å². The van der Waals surface area contributed by atoms with Gasteiger partial charge in [0.1, 0.15) is 5.69 Å². The summed E-state index contributed by atoms with van der Waals surface area (Å²) in [4.78, 5) is 0. The molecule has 0 N–H and O–H groups in total. The fraction of sp³-hybridized carbons (Fsp3) is 0.100. The predicted octanol–water partition coefficient (Wildman–Crippen LogP) is 4.50. The summed E-state index contributed by atoms with van der Waals surface area (Å²) in [5.41, 5.74) is 1.52. The Morgan fingerprint density at radius 1 is 1.33 bits per heavy atom. The van der Waals surface area contributed by atoms with Gasteiger partial charge in [-0.15, -0.1) is 11.6 Å². The molecule has 0 radical (unpaired) electrons. The van der Waals surface area contributed by atoms with Crippen molar-refractivity contribution in [2.24, 2.45) is 0 Å². The Kier molecular flexibility index (Phi) is 3.34. The van der Waals surface area contributed by atoms with Gasteiger partial charge in [-0.25, -0.2) is 0 Å². The Balaban J connectivity index is 2.48. The minimum Gasteiger partial charge on any atom is -0.359 e. The highest BCUT2D eigenvalue weighted by atomic mass is 79.9. The molecule has 0 fully saturated rings. The summed E-state index contributed by atoms with van der Waals surface area (Å²) < 4.78 is 5.95. The summed E-state index contributed by atoms with van der Waals surface area (Å²) in [6.45, 7) is 0. The van der Waals surface area contributed by atoms with Crippen LogP contribution < -0.4 is 0 Å². The van der Waals surface area contributed by atoms with Crippen LogP contribution in [-0.4, -0.2) is 5.16 Å². The van der Waals surface area contributed by atoms with Crippen molar-refractivity contribution in [3.63, 3.8) is 0 Å². The van der Waals surface area contributed by atoms with E-state index in [1.807, 2.05) is 12.1 Å². The van der Waals surface area contributed by atoms with Gasteiger partial charge < -0.3 is 4.52 Å². The standard InChI is InChI=1S/C10H6BrCl2NO/c11-6-1-2-9(13)8(3-6)10-4-7(5-12)15-14-10/h1-4H,5H2. The van der Waals surface area contributed by atoms with Gasteiger partial charge in [-0.3, -0.25) is 0 Å². The highest BCUT2D eigenvalue weighted by molar-refractivity contribution is 9.10. The zero-order valence-corrected chi connectivity index (χ0v) is 10.6. The maximum atomic E-state index is 6.05. The van der Waals surface area contributed by atoms with Crippen LogP contribution in [-0.2, 0) is 5.88 Å². The maximum Gasteiger partial charge on any atom is 0.152 e. The Morgan fingerprint density at radius 3 is 2.80 bits per heavy atom. The second-order valence-corrected chi connectivity index (χ2v) is 4.53. The van der Waals surface area contributed by atoms with E-state index in [9.17, 15) is 0 Å². The Labute approximate surface area is 105 Å². The molecule has 1 heterocycles. The molecule has 0 aliphatic carbocycles. The minimum atomic E-state index is 0.304. The second-order valence-electron chi connectivity index (χ2n) is 2.94. The zero-order valence-electron chi connectivity index (χ0n) is 7.51. The van der Waals surface area contributed by atoms with Gasteiger partial charge in [-0.2, -0.15) is 0 Å². The van der Waals surface area contributed by atoms with E-state index in [2.05, 4.69) is 21.1 Å². The molecule has 1 aromatic carbocycles. The predicted molar refractivity (Wildman–Crippen MR) is 64.2 cm³/mol. The van der Waals surface area contributed by atoms with Crippen molar-refractivity contribution in [2.45, 2.75) is 5.88 Å². The molecule has 0 atom stereocenters. The average molecular weight is 307 g/mol. The van der Waals surface area contributed by atoms with E-state index in [0.29, 0.717) is 22.4 Å². The van der Waals surface area contributed by atoms with Gasteiger partial charge in [0.25, 0.3) is 0 Å². The molecule has 2 nitrogen and oxygen atoms in total. The van der Waals surface area contributed by atoms with Crippen LogP contribution in [0.5, 0.6) is 0 Å². The van der Waals surface area contributed by atoms with Crippen molar-refractivity contribution < 1.29 is 4.52 Å². The lowest BCUT2D eigenvalue weighted by Crippen LogP contribution is -1.79. The smallest absolute Gasteiger partial charge is 0.152 e. The van der Waals surface area contributed by atoms with Gasteiger partial charge in [0, 0.05) is 16.1 Å². The first-order valence-corrected chi connectivity index (χ1v) is 5.88. The van der Waals surface area contributed by atoms with Crippen LogP contribution in [0.15, 0.2) is 33.3 Å². The number of nitrogens with zero attached hydrogens (tertiary/aromatic N) is 1. The quantitative estimate of drug-likeness (QED) is 0.764. The highest BCUT2D eigenvalue weighted by Crippen LogP contribution is 2.30. The molecule has 78 valence electrons. The van der Waals surface area contributed by atoms with Crippen molar-refractivity contribution in [3.05, 3.63) is 39.5 Å². The lowest BCUT2D eigenvalue weighted by molar-refractivity contribution is 0.396. The molecule has 0 saturated carbocycles. The van der Waals surface area contributed by atoms with Crippen LogP contribution in [0, 0.1) is 0 Å². The first-order valence-electron chi connectivity index (χ1n) is 4.17. The van der Waals surface area contributed by atoms with E-state index in [4.69, 9.17) is 27.7 Å². The number of halogens is 3. The molecule has 15 heavy (non-hydrogen) atoms. The number of benzene rings is 1. The number of rotatable bonds is 2. The van der Waals surface area contributed by atoms with Crippen molar-refractivity contribution in [1.82, 2.24) is 5.16 Å². The van der Waals surface area contributed by atoms with E-state index in [0.717, 1.165) is 10.0 Å². The minimum absolute atomic E-state index is 0.304. The monoisotopic (exact) mass is 305 g/mol. The van der Waals surface area contributed by atoms with Crippen molar-refractivity contribution in [1.29, 1.82) is 0 Å². The van der Waals surface area contributed by atoms with E-state index >= 15 is 0 Å². The first-order chi connectivity index (χ1) is 7.20. The third-order valence-electron chi connectivity index (χ3n) is 1.90. The fourth-order valence-electron chi connectivity index (χ4n) is 1.20. The van der Waals surface area contributed by atoms with Crippen LogP contribution in [0.1, 0.15) is 5.76 Å². The normalized spacial score (nSPS) is 10.6. The van der Waals surface area contributed by atoms with Gasteiger partial charge in [0.15, 0.2) is 5.76 Å². The molecule has 0 aliphatic heterocycles. The Hall–Kier alpha value is -0.510. The lowest BCUT2D eigenvalue weighted by atomic mass is 10.1. The third kappa shape index (κ3) is 2.36. The van der Waals surface area contributed by atoms with E-state index in [1.54, 1.807) is 12.1 Å². The molecule has 0 spiro atoms. The molecule has 1 aromatic heterocycles. The van der Waals surface area contributed by atoms with E-state index < -0.39 is 0 Å². The van der Waals surface area contributed by atoms with Gasteiger partial charge in [0.05, 0.1) is 10.9 Å². The fourth-order valence-corrected chi connectivity index (χ4v) is 1.90. The summed E-state index contributed by atoms with van der Waals surface area (Å²) in [7, 11) is 0.